The number of rotatable bonds is 4. The van der Waals surface area contributed by atoms with E-state index in [1.807, 2.05) is 23.3 Å². The molecular formula is C17H21BrN4O2S2. The van der Waals surface area contributed by atoms with Crippen molar-refractivity contribution < 1.29 is 9.59 Å². The van der Waals surface area contributed by atoms with Crippen molar-refractivity contribution in [3.63, 3.8) is 0 Å². The molecule has 1 fully saturated rings. The fraction of sp³-hybridized carbons (Fsp3) is 0.471. The van der Waals surface area contributed by atoms with Crippen molar-refractivity contribution in [2.75, 3.05) is 31.1 Å². The van der Waals surface area contributed by atoms with Crippen molar-refractivity contribution in [3.05, 3.63) is 31.9 Å². The van der Waals surface area contributed by atoms with Crippen LogP contribution in [0.15, 0.2) is 21.3 Å². The highest BCUT2D eigenvalue weighted by atomic mass is 79.9. The van der Waals surface area contributed by atoms with Gasteiger partial charge in [-0.25, -0.2) is 4.98 Å². The minimum absolute atomic E-state index is 0.0360. The summed E-state index contributed by atoms with van der Waals surface area (Å²) in [5, 5.41) is 5.87. The summed E-state index contributed by atoms with van der Waals surface area (Å²) in [7, 11) is 0. The van der Waals surface area contributed by atoms with Gasteiger partial charge in [-0.3, -0.25) is 9.59 Å². The average molecular weight is 457 g/mol. The van der Waals surface area contributed by atoms with E-state index in [1.165, 1.54) is 11.3 Å². The molecule has 3 heterocycles. The van der Waals surface area contributed by atoms with Crippen LogP contribution in [0.2, 0.25) is 0 Å². The summed E-state index contributed by atoms with van der Waals surface area (Å²) in [6, 6.07) is 3.04. The number of anilines is 1. The summed E-state index contributed by atoms with van der Waals surface area (Å²) in [6.07, 6.45) is 0.892. The number of hydrogen-bond acceptors (Lipinski definition) is 6. The topological polar surface area (TPSA) is 65.5 Å². The smallest absolute Gasteiger partial charge is 0.262 e. The molecule has 3 rings (SSSR count). The third kappa shape index (κ3) is 4.63. The molecule has 0 saturated carbocycles. The Kier molecular flexibility index (Phi) is 6.31. The zero-order valence-corrected chi connectivity index (χ0v) is 17.9. The molecule has 0 radical (unpaired) electrons. The standard InChI is InChI=1S/C17H21BrN4O2S2/c1-11-10-25-17(19-11)22-7-3-6-21(8-9-22)16(24)12(2)20-15(23)13-4-5-14(18)26-13/h4-5,10,12H,3,6-9H2,1-2H3,(H,20,23). The van der Waals surface area contributed by atoms with E-state index in [0.717, 1.165) is 34.1 Å². The molecule has 26 heavy (non-hydrogen) atoms. The van der Waals surface area contributed by atoms with Gasteiger partial charge < -0.3 is 15.1 Å². The lowest BCUT2D eigenvalue weighted by Gasteiger charge is -2.25. The summed E-state index contributed by atoms with van der Waals surface area (Å²) in [5.74, 6) is -0.248. The Morgan fingerprint density at radius 2 is 2.08 bits per heavy atom. The van der Waals surface area contributed by atoms with Gasteiger partial charge in [0.15, 0.2) is 5.13 Å². The number of aromatic nitrogens is 1. The number of carbonyl (C=O) groups excluding carboxylic acids is 2. The van der Waals surface area contributed by atoms with Gasteiger partial charge in [0.2, 0.25) is 5.91 Å². The predicted octanol–water partition coefficient (Wildman–Crippen LogP) is 3.13. The number of thiophene rings is 1. The van der Waals surface area contributed by atoms with Crippen LogP contribution in [-0.4, -0.2) is 53.9 Å². The fourth-order valence-electron chi connectivity index (χ4n) is 2.86. The number of aryl methyl sites for hydroxylation is 1. The Labute approximate surface area is 169 Å². The van der Waals surface area contributed by atoms with Crippen LogP contribution in [-0.2, 0) is 4.79 Å². The van der Waals surface area contributed by atoms with Crippen LogP contribution in [0.4, 0.5) is 5.13 Å². The number of amides is 2. The molecule has 0 aliphatic carbocycles. The van der Waals surface area contributed by atoms with Crippen LogP contribution in [0.1, 0.15) is 28.7 Å². The van der Waals surface area contributed by atoms with E-state index >= 15 is 0 Å². The van der Waals surface area contributed by atoms with E-state index in [9.17, 15) is 9.59 Å². The molecule has 1 unspecified atom stereocenters. The largest absolute Gasteiger partial charge is 0.346 e. The summed E-state index contributed by atoms with van der Waals surface area (Å²) in [6.45, 7) is 6.73. The first kappa shape index (κ1) is 19.3. The molecule has 0 bridgehead atoms. The van der Waals surface area contributed by atoms with Crippen molar-refractivity contribution in [1.82, 2.24) is 15.2 Å². The van der Waals surface area contributed by atoms with E-state index in [0.29, 0.717) is 18.0 Å². The second-order valence-corrected chi connectivity index (χ2v) is 9.54. The highest BCUT2D eigenvalue weighted by Gasteiger charge is 2.25. The Bertz CT molecular complexity index is 791. The SMILES string of the molecule is Cc1csc(N2CCCN(C(=O)C(C)NC(=O)c3ccc(Br)s3)CC2)n1. The van der Waals surface area contributed by atoms with Crippen molar-refractivity contribution in [1.29, 1.82) is 0 Å². The maximum atomic E-state index is 12.7. The van der Waals surface area contributed by atoms with Gasteiger partial charge in [-0.1, -0.05) is 0 Å². The highest BCUT2D eigenvalue weighted by molar-refractivity contribution is 9.11. The van der Waals surface area contributed by atoms with E-state index in [4.69, 9.17) is 0 Å². The maximum absolute atomic E-state index is 12.7. The van der Waals surface area contributed by atoms with Crippen LogP contribution in [0.25, 0.3) is 0 Å². The lowest BCUT2D eigenvalue weighted by atomic mass is 10.2. The molecule has 140 valence electrons. The first-order valence-corrected chi connectivity index (χ1v) is 10.9. The lowest BCUT2D eigenvalue weighted by Crippen LogP contribution is -2.47. The molecule has 2 aromatic heterocycles. The van der Waals surface area contributed by atoms with Gasteiger partial charge in [-0.2, -0.15) is 0 Å². The highest BCUT2D eigenvalue weighted by Crippen LogP contribution is 2.23. The second kappa shape index (κ2) is 8.49. The minimum atomic E-state index is -0.544. The quantitative estimate of drug-likeness (QED) is 0.767. The number of halogens is 1. The van der Waals surface area contributed by atoms with E-state index in [-0.39, 0.29) is 11.8 Å². The number of thiazole rings is 1. The molecular weight excluding hydrogens is 436 g/mol. The Balaban J connectivity index is 1.56. The monoisotopic (exact) mass is 456 g/mol. The molecule has 1 N–H and O–H groups in total. The van der Waals surface area contributed by atoms with Crippen LogP contribution < -0.4 is 10.2 Å². The van der Waals surface area contributed by atoms with Gasteiger partial charge in [0, 0.05) is 31.6 Å². The van der Waals surface area contributed by atoms with Crippen molar-refractivity contribution >= 4 is 55.5 Å². The Morgan fingerprint density at radius 3 is 2.73 bits per heavy atom. The molecule has 2 amide bonds. The Morgan fingerprint density at radius 1 is 1.27 bits per heavy atom. The van der Waals surface area contributed by atoms with Gasteiger partial charge in [0.1, 0.15) is 6.04 Å². The number of hydrogen-bond donors (Lipinski definition) is 1. The zero-order valence-electron chi connectivity index (χ0n) is 14.7. The third-order valence-corrected chi connectivity index (χ3v) is 6.84. The van der Waals surface area contributed by atoms with Crippen LogP contribution in [0.3, 0.4) is 0 Å². The minimum Gasteiger partial charge on any atom is -0.346 e. The van der Waals surface area contributed by atoms with E-state index in [2.05, 4.69) is 31.1 Å². The molecule has 1 aliphatic rings. The van der Waals surface area contributed by atoms with Crippen LogP contribution in [0.5, 0.6) is 0 Å². The number of carbonyl (C=O) groups is 2. The van der Waals surface area contributed by atoms with Gasteiger partial charge in [0.25, 0.3) is 5.91 Å². The van der Waals surface area contributed by atoms with Gasteiger partial charge in [-0.05, 0) is 48.3 Å². The van der Waals surface area contributed by atoms with Gasteiger partial charge in [-0.15, -0.1) is 22.7 Å². The summed E-state index contributed by atoms with van der Waals surface area (Å²) >= 11 is 6.34. The number of nitrogens with one attached hydrogen (secondary N) is 1. The second-order valence-electron chi connectivity index (χ2n) is 6.24. The summed E-state index contributed by atoms with van der Waals surface area (Å²) in [4.78, 5) is 34.2. The molecule has 0 spiro atoms. The summed E-state index contributed by atoms with van der Waals surface area (Å²) in [5.41, 5.74) is 1.03. The molecule has 9 heteroatoms. The van der Waals surface area contributed by atoms with Crippen molar-refractivity contribution in [2.24, 2.45) is 0 Å². The van der Waals surface area contributed by atoms with Crippen molar-refractivity contribution in [2.45, 2.75) is 26.3 Å². The van der Waals surface area contributed by atoms with Crippen molar-refractivity contribution in [3.8, 4) is 0 Å². The maximum Gasteiger partial charge on any atom is 0.262 e. The van der Waals surface area contributed by atoms with Gasteiger partial charge in [0.05, 0.1) is 14.4 Å². The molecule has 6 nitrogen and oxygen atoms in total. The number of nitrogens with zero attached hydrogens (tertiary/aromatic N) is 3. The van der Waals surface area contributed by atoms with Crippen LogP contribution in [0, 0.1) is 6.92 Å². The Hall–Kier alpha value is -1.45. The molecule has 1 atom stereocenters. The first-order valence-electron chi connectivity index (χ1n) is 8.46. The lowest BCUT2D eigenvalue weighted by molar-refractivity contribution is -0.132. The molecule has 1 aliphatic heterocycles. The normalized spacial score (nSPS) is 16.3. The van der Waals surface area contributed by atoms with Crippen LogP contribution >= 0.6 is 38.6 Å². The molecule has 2 aromatic rings. The van der Waals surface area contributed by atoms with Gasteiger partial charge >= 0.3 is 0 Å². The third-order valence-electron chi connectivity index (χ3n) is 4.20. The zero-order chi connectivity index (χ0) is 18.7. The van der Waals surface area contributed by atoms with E-state index in [1.54, 1.807) is 24.3 Å². The fourth-order valence-corrected chi connectivity index (χ4v) is 5.00. The molecule has 0 aromatic carbocycles. The predicted molar refractivity (Wildman–Crippen MR) is 109 cm³/mol. The first-order chi connectivity index (χ1) is 12.4. The summed E-state index contributed by atoms with van der Waals surface area (Å²) < 4.78 is 0.895. The van der Waals surface area contributed by atoms with E-state index < -0.39 is 6.04 Å². The molecule has 1 saturated heterocycles. The average Bonchev–Trinajstić information content (AvgIpc) is 3.15.